The Bertz CT molecular complexity index is 466. The average Bonchev–Trinajstić information content (AvgIpc) is 2.87. The Hall–Kier alpha value is -1.62. The van der Waals surface area contributed by atoms with Gasteiger partial charge in [-0.3, -0.25) is 4.98 Å². The fraction of sp³-hybridized carbons (Fsp3) is 0.625. The number of aliphatic hydroxyl groups excluding tert-OH is 1. The Labute approximate surface area is 126 Å². The zero-order valence-electron chi connectivity index (χ0n) is 12.8. The highest BCUT2D eigenvalue weighted by Crippen LogP contribution is 2.37. The molecule has 1 aliphatic carbocycles. The Morgan fingerprint density at radius 1 is 1.52 bits per heavy atom. The van der Waals surface area contributed by atoms with E-state index < -0.39 is 0 Å². The van der Waals surface area contributed by atoms with Crippen LogP contribution in [0.5, 0.6) is 0 Å². The van der Waals surface area contributed by atoms with Crippen molar-refractivity contribution in [3.8, 4) is 0 Å². The van der Waals surface area contributed by atoms with Gasteiger partial charge in [-0.2, -0.15) is 0 Å². The monoisotopic (exact) mass is 291 g/mol. The van der Waals surface area contributed by atoms with Gasteiger partial charge >= 0.3 is 6.03 Å². The molecular formula is C16H25N3O2. The summed E-state index contributed by atoms with van der Waals surface area (Å²) in [4.78, 5) is 16.2. The second-order valence-corrected chi connectivity index (χ2v) is 6.12. The molecule has 3 N–H and O–H groups in total. The van der Waals surface area contributed by atoms with Gasteiger partial charge in [-0.25, -0.2) is 4.79 Å². The summed E-state index contributed by atoms with van der Waals surface area (Å²) in [6.45, 7) is 4.18. The third-order valence-electron chi connectivity index (χ3n) is 4.57. The van der Waals surface area contributed by atoms with E-state index in [0.717, 1.165) is 31.2 Å². The smallest absolute Gasteiger partial charge is 0.315 e. The van der Waals surface area contributed by atoms with Crippen molar-refractivity contribution in [2.24, 2.45) is 5.41 Å². The summed E-state index contributed by atoms with van der Waals surface area (Å²) in [7, 11) is 0. The second kappa shape index (κ2) is 6.89. The number of urea groups is 1. The molecule has 1 fully saturated rings. The third-order valence-corrected chi connectivity index (χ3v) is 4.57. The predicted octanol–water partition coefficient (Wildman–Crippen LogP) is 2.38. The lowest BCUT2D eigenvalue weighted by Gasteiger charge is -2.30. The largest absolute Gasteiger partial charge is 0.396 e. The van der Waals surface area contributed by atoms with E-state index in [1.54, 1.807) is 12.4 Å². The highest BCUT2D eigenvalue weighted by Gasteiger charge is 2.39. The summed E-state index contributed by atoms with van der Waals surface area (Å²) >= 11 is 0. The Kier molecular flexibility index (Phi) is 5.17. The number of hydrogen-bond acceptors (Lipinski definition) is 3. The van der Waals surface area contributed by atoms with Crippen molar-refractivity contribution < 1.29 is 9.90 Å². The maximum atomic E-state index is 12.2. The molecule has 0 saturated heterocycles. The molecule has 2 amide bonds. The number of hydrogen-bond donors (Lipinski definition) is 3. The van der Waals surface area contributed by atoms with Crippen LogP contribution in [0.2, 0.25) is 0 Å². The zero-order chi connectivity index (χ0) is 15.3. The summed E-state index contributed by atoms with van der Waals surface area (Å²) in [5.74, 6) is 0. The number of aliphatic hydroxyl groups is 1. The fourth-order valence-electron chi connectivity index (χ4n) is 3.04. The van der Waals surface area contributed by atoms with E-state index in [1.165, 1.54) is 0 Å². The minimum absolute atomic E-state index is 0.0187. The fourth-order valence-corrected chi connectivity index (χ4v) is 3.04. The van der Waals surface area contributed by atoms with Crippen molar-refractivity contribution >= 4 is 6.03 Å². The van der Waals surface area contributed by atoms with Gasteiger partial charge in [0.2, 0.25) is 0 Å². The molecule has 0 bridgehead atoms. The molecule has 0 aromatic carbocycles. The Morgan fingerprint density at radius 3 is 2.86 bits per heavy atom. The third kappa shape index (κ3) is 3.73. The lowest BCUT2D eigenvalue weighted by Crippen LogP contribution is -2.49. The van der Waals surface area contributed by atoms with E-state index in [4.69, 9.17) is 0 Å². The van der Waals surface area contributed by atoms with Crippen LogP contribution in [-0.2, 0) is 0 Å². The Balaban J connectivity index is 1.95. The molecule has 116 valence electrons. The van der Waals surface area contributed by atoms with Gasteiger partial charge in [0.1, 0.15) is 0 Å². The van der Waals surface area contributed by atoms with Crippen LogP contribution in [-0.4, -0.2) is 28.8 Å². The van der Waals surface area contributed by atoms with Gasteiger partial charge in [-0.15, -0.1) is 0 Å². The highest BCUT2D eigenvalue weighted by molar-refractivity contribution is 5.75. The van der Waals surface area contributed by atoms with Crippen molar-refractivity contribution in [2.75, 3.05) is 6.61 Å². The summed E-state index contributed by atoms with van der Waals surface area (Å²) in [5, 5.41) is 15.6. The van der Waals surface area contributed by atoms with E-state index in [0.29, 0.717) is 0 Å². The lowest BCUT2D eigenvalue weighted by atomic mass is 9.86. The lowest BCUT2D eigenvalue weighted by molar-refractivity contribution is 0.120. The molecule has 5 heteroatoms. The molecular weight excluding hydrogens is 266 g/mol. The molecule has 1 heterocycles. The molecule has 0 aliphatic heterocycles. The Morgan fingerprint density at radius 2 is 2.24 bits per heavy atom. The predicted molar refractivity (Wildman–Crippen MR) is 81.8 cm³/mol. The quantitative estimate of drug-likeness (QED) is 0.779. The van der Waals surface area contributed by atoms with Crippen LogP contribution in [0.3, 0.4) is 0 Å². The first-order valence-corrected chi connectivity index (χ1v) is 7.67. The topological polar surface area (TPSA) is 74.2 Å². The first-order valence-electron chi connectivity index (χ1n) is 7.67. The molecule has 3 unspecified atom stereocenters. The van der Waals surface area contributed by atoms with Crippen molar-refractivity contribution in [3.63, 3.8) is 0 Å². The van der Waals surface area contributed by atoms with Gasteiger partial charge in [0.05, 0.1) is 12.6 Å². The number of amides is 2. The summed E-state index contributed by atoms with van der Waals surface area (Å²) in [6.07, 6.45) is 7.21. The molecule has 21 heavy (non-hydrogen) atoms. The standard InChI is InChI=1S/C16H25N3O2/c1-3-13(12-6-9-17-10-7-12)18-15(21)19-14-5-4-8-16(14,2)11-20/h6-7,9-10,13-14,20H,3-5,8,11H2,1-2H3,(H2,18,19,21). The van der Waals surface area contributed by atoms with E-state index in [-0.39, 0.29) is 30.1 Å². The van der Waals surface area contributed by atoms with Gasteiger partial charge in [0.25, 0.3) is 0 Å². The van der Waals surface area contributed by atoms with Crippen LogP contribution in [0.15, 0.2) is 24.5 Å². The average molecular weight is 291 g/mol. The van der Waals surface area contributed by atoms with Crippen LogP contribution < -0.4 is 10.6 Å². The van der Waals surface area contributed by atoms with Gasteiger partial charge in [0.15, 0.2) is 0 Å². The SMILES string of the molecule is CCC(NC(=O)NC1CCCC1(C)CO)c1ccncc1. The van der Waals surface area contributed by atoms with Crippen molar-refractivity contribution in [1.82, 2.24) is 15.6 Å². The first-order chi connectivity index (χ1) is 10.1. The van der Waals surface area contributed by atoms with Crippen LogP contribution in [0, 0.1) is 5.41 Å². The van der Waals surface area contributed by atoms with Crippen molar-refractivity contribution in [1.29, 1.82) is 0 Å². The number of carbonyl (C=O) groups excluding carboxylic acids is 1. The molecule has 0 radical (unpaired) electrons. The van der Waals surface area contributed by atoms with E-state index >= 15 is 0 Å². The number of nitrogens with zero attached hydrogens (tertiary/aromatic N) is 1. The maximum absolute atomic E-state index is 12.2. The first kappa shape index (κ1) is 15.8. The number of aromatic nitrogens is 1. The van der Waals surface area contributed by atoms with Crippen molar-refractivity contribution in [3.05, 3.63) is 30.1 Å². The molecule has 1 aromatic heterocycles. The van der Waals surface area contributed by atoms with Gasteiger partial charge in [0, 0.05) is 23.9 Å². The molecule has 1 saturated carbocycles. The van der Waals surface area contributed by atoms with Gasteiger partial charge in [-0.05, 0) is 37.0 Å². The molecule has 5 nitrogen and oxygen atoms in total. The van der Waals surface area contributed by atoms with Gasteiger partial charge in [-0.1, -0.05) is 20.3 Å². The maximum Gasteiger partial charge on any atom is 0.315 e. The highest BCUT2D eigenvalue weighted by atomic mass is 16.3. The normalized spacial score (nSPS) is 26.3. The molecule has 2 rings (SSSR count). The molecule has 1 aliphatic rings. The van der Waals surface area contributed by atoms with Crippen LogP contribution in [0.25, 0.3) is 0 Å². The number of carbonyl (C=O) groups is 1. The summed E-state index contributed by atoms with van der Waals surface area (Å²) in [6, 6.07) is 3.70. The van der Waals surface area contributed by atoms with Crippen LogP contribution in [0.4, 0.5) is 4.79 Å². The van der Waals surface area contributed by atoms with Gasteiger partial charge < -0.3 is 15.7 Å². The number of rotatable bonds is 5. The second-order valence-electron chi connectivity index (χ2n) is 6.12. The van der Waals surface area contributed by atoms with E-state index in [9.17, 15) is 9.90 Å². The zero-order valence-corrected chi connectivity index (χ0v) is 12.8. The minimum atomic E-state index is -0.199. The van der Waals surface area contributed by atoms with E-state index in [1.807, 2.05) is 26.0 Å². The minimum Gasteiger partial charge on any atom is -0.396 e. The summed E-state index contributed by atoms with van der Waals surface area (Å²) in [5.41, 5.74) is 0.856. The van der Waals surface area contributed by atoms with Crippen LogP contribution in [0.1, 0.15) is 51.1 Å². The number of pyridine rings is 1. The summed E-state index contributed by atoms with van der Waals surface area (Å²) < 4.78 is 0. The molecule has 1 aromatic rings. The van der Waals surface area contributed by atoms with E-state index in [2.05, 4.69) is 15.6 Å². The molecule has 0 spiro atoms. The van der Waals surface area contributed by atoms with Crippen molar-refractivity contribution in [2.45, 2.75) is 51.6 Å². The van der Waals surface area contributed by atoms with Crippen LogP contribution >= 0.6 is 0 Å². The number of nitrogens with one attached hydrogen (secondary N) is 2. The molecule has 3 atom stereocenters.